The molecule has 0 spiro atoms. The molecule has 0 aromatic heterocycles. The van der Waals surface area contributed by atoms with Crippen LogP contribution in [0.5, 0.6) is 0 Å². The highest BCUT2D eigenvalue weighted by molar-refractivity contribution is 7.91. The molecule has 0 amide bonds. The number of sulfone groups is 1. The molecule has 20 heavy (non-hydrogen) atoms. The minimum absolute atomic E-state index is 0.186. The first kappa shape index (κ1) is 14.8. The predicted molar refractivity (Wildman–Crippen MR) is 80.7 cm³/mol. The van der Waals surface area contributed by atoms with Gasteiger partial charge in [-0.25, -0.2) is 8.42 Å². The van der Waals surface area contributed by atoms with Crippen LogP contribution >= 0.6 is 0 Å². The van der Waals surface area contributed by atoms with Crippen LogP contribution in [0.3, 0.4) is 0 Å². The Hall–Kier alpha value is -0.170. The van der Waals surface area contributed by atoms with Gasteiger partial charge in [0.15, 0.2) is 9.84 Å². The van der Waals surface area contributed by atoms with Crippen molar-refractivity contribution in [2.75, 3.05) is 44.7 Å². The van der Waals surface area contributed by atoms with E-state index in [0.29, 0.717) is 11.5 Å². The van der Waals surface area contributed by atoms with E-state index in [1.807, 2.05) is 0 Å². The van der Waals surface area contributed by atoms with E-state index in [9.17, 15) is 8.42 Å². The third-order valence-corrected chi connectivity index (χ3v) is 7.09. The number of likely N-dealkylation sites (tertiary alicyclic amines) is 1. The highest BCUT2D eigenvalue weighted by Gasteiger charge is 2.34. The number of hydrogen-bond donors (Lipinski definition) is 1. The molecule has 0 aromatic carbocycles. The van der Waals surface area contributed by atoms with Crippen LogP contribution in [0, 0.1) is 0 Å². The van der Waals surface area contributed by atoms with E-state index >= 15 is 0 Å². The molecular weight excluding hydrogens is 274 g/mol. The summed E-state index contributed by atoms with van der Waals surface area (Å²) in [5.74, 6) is 0.698. The summed E-state index contributed by atoms with van der Waals surface area (Å²) in [6, 6.07) is 1.71. The van der Waals surface area contributed by atoms with Crippen molar-refractivity contribution < 1.29 is 8.42 Å². The maximum absolute atomic E-state index is 11.4. The third kappa shape index (κ3) is 3.35. The van der Waals surface area contributed by atoms with Gasteiger partial charge in [0.25, 0.3) is 0 Å². The van der Waals surface area contributed by atoms with Crippen molar-refractivity contribution in [2.24, 2.45) is 0 Å². The van der Waals surface area contributed by atoms with Gasteiger partial charge in [-0.1, -0.05) is 0 Å². The molecule has 5 nitrogen and oxygen atoms in total. The standard InChI is InChI=1S/C14H27N3O2S/c1-16-13-2-3-14(16)10-17(7-4-13)8-6-15-12-5-9-20(18,19)11-12/h12-15H,2-11H2,1H3. The van der Waals surface area contributed by atoms with Crippen molar-refractivity contribution in [2.45, 2.75) is 43.8 Å². The van der Waals surface area contributed by atoms with E-state index in [1.54, 1.807) is 0 Å². The first-order chi connectivity index (χ1) is 9.53. The summed E-state index contributed by atoms with van der Waals surface area (Å²) >= 11 is 0. The Kier molecular flexibility index (Phi) is 4.36. The Morgan fingerprint density at radius 1 is 1.15 bits per heavy atom. The van der Waals surface area contributed by atoms with Crippen LogP contribution in [0.2, 0.25) is 0 Å². The van der Waals surface area contributed by atoms with Crippen molar-refractivity contribution in [1.29, 1.82) is 0 Å². The second-order valence-electron chi connectivity index (χ2n) is 6.69. The molecule has 3 unspecified atom stereocenters. The fourth-order valence-corrected chi connectivity index (χ4v) is 5.67. The number of hydrogen-bond acceptors (Lipinski definition) is 5. The summed E-state index contributed by atoms with van der Waals surface area (Å²) in [4.78, 5) is 5.12. The Labute approximate surface area is 122 Å². The first-order valence-corrected chi connectivity index (χ1v) is 9.74. The maximum Gasteiger partial charge on any atom is 0.151 e. The van der Waals surface area contributed by atoms with Crippen LogP contribution in [0.25, 0.3) is 0 Å². The summed E-state index contributed by atoms with van der Waals surface area (Å²) in [6.07, 6.45) is 4.78. The first-order valence-electron chi connectivity index (χ1n) is 7.91. The molecule has 2 bridgehead atoms. The number of nitrogens with zero attached hydrogens (tertiary/aromatic N) is 2. The minimum atomic E-state index is -2.75. The SMILES string of the molecule is CN1C2CCC1CN(CCNC1CCS(=O)(=O)C1)CC2. The summed E-state index contributed by atoms with van der Waals surface area (Å²) < 4.78 is 22.8. The number of rotatable bonds is 4. The molecular formula is C14H27N3O2S. The van der Waals surface area contributed by atoms with Crippen LogP contribution < -0.4 is 5.32 Å². The van der Waals surface area contributed by atoms with E-state index in [-0.39, 0.29) is 6.04 Å². The summed E-state index contributed by atoms with van der Waals surface area (Å²) in [7, 11) is -0.482. The normalized spacial score (nSPS) is 38.1. The Morgan fingerprint density at radius 2 is 1.95 bits per heavy atom. The van der Waals surface area contributed by atoms with Gasteiger partial charge in [0.1, 0.15) is 0 Å². The molecule has 0 aromatic rings. The smallest absolute Gasteiger partial charge is 0.151 e. The lowest BCUT2D eigenvalue weighted by molar-refractivity contribution is 0.218. The van der Waals surface area contributed by atoms with Gasteiger partial charge in [0.2, 0.25) is 0 Å². The van der Waals surface area contributed by atoms with Crippen molar-refractivity contribution >= 4 is 9.84 Å². The zero-order chi connectivity index (χ0) is 14.2. The number of nitrogens with one attached hydrogen (secondary N) is 1. The average Bonchev–Trinajstić information content (AvgIpc) is 2.83. The number of likely N-dealkylation sites (N-methyl/N-ethyl adjacent to an activating group) is 1. The van der Waals surface area contributed by atoms with Crippen LogP contribution in [0.4, 0.5) is 0 Å². The Balaban J connectivity index is 1.41. The molecule has 1 N–H and O–H groups in total. The van der Waals surface area contributed by atoms with E-state index in [2.05, 4.69) is 22.2 Å². The third-order valence-electron chi connectivity index (χ3n) is 5.33. The number of fused-ring (bicyclic) bond motifs is 2. The molecule has 0 saturated carbocycles. The minimum Gasteiger partial charge on any atom is -0.312 e. The van der Waals surface area contributed by atoms with Gasteiger partial charge in [-0.05, 0) is 39.3 Å². The van der Waals surface area contributed by atoms with Crippen molar-refractivity contribution in [3.63, 3.8) is 0 Å². The van der Waals surface area contributed by atoms with Crippen molar-refractivity contribution in [1.82, 2.24) is 15.1 Å². The van der Waals surface area contributed by atoms with Crippen molar-refractivity contribution in [3.8, 4) is 0 Å². The monoisotopic (exact) mass is 301 g/mol. The molecule has 0 radical (unpaired) electrons. The van der Waals surface area contributed by atoms with Gasteiger partial charge >= 0.3 is 0 Å². The Morgan fingerprint density at radius 3 is 2.70 bits per heavy atom. The van der Waals surface area contributed by atoms with Gasteiger partial charge in [-0.3, -0.25) is 4.90 Å². The lowest BCUT2D eigenvalue weighted by Gasteiger charge is -2.26. The predicted octanol–water partition coefficient (Wildman–Crippen LogP) is -0.0684. The molecule has 3 atom stereocenters. The quantitative estimate of drug-likeness (QED) is 0.788. The van der Waals surface area contributed by atoms with Gasteiger partial charge in [-0.15, -0.1) is 0 Å². The van der Waals surface area contributed by atoms with Gasteiger partial charge < -0.3 is 10.2 Å². The highest BCUT2D eigenvalue weighted by atomic mass is 32.2. The molecule has 0 aliphatic carbocycles. The zero-order valence-electron chi connectivity index (χ0n) is 12.4. The molecule has 3 fully saturated rings. The Bertz CT molecular complexity index is 440. The second kappa shape index (κ2) is 5.91. The van der Waals surface area contributed by atoms with Crippen LogP contribution in [0.1, 0.15) is 25.7 Å². The zero-order valence-corrected chi connectivity index (χ0v) is 13.2. The van der Waals surface area contributed by atoms with E-state index < -0.39 is 9.84 Å². The van der Waals surface area contributed by atoms with Gasteiger partial charge in [0, 0.05) is 37.8 Å². The molecule has 3 heterocycles. The second-order valence-corrected chi connectivity index (χ2v) is 8.92. The van der Waals surface area contributed by atoms with Crippen LogP contribution in [0.15, 0.2) is 0 Å². The average molecular weight is 301 g/mol. The maximum atomic E-state index is 11.4. The van der Waals surface area contributed by atoms with Gasteiger partial charge in [-0.2, -0.15) is 0 Å². The van der Waals surface area contributed by atoms with Crippen LogP contribution in [-0.4, -0.2) is 81.1 Å². The van der Waals surface area contributed by atoms with E-state index in [1.165, 1.54) is 32.4 Å². The fourth-order valence-electron chi connectivity index (χ4n) is 3.97. The van der Waals surface area contributed by atoms with Crippen molar-refractivity contribution in [3.05, 3.63) is 0 Å². The fraction of sp³-hybridized carbons (Fsp3) is 1.00. The topological polar surface area (TPSA) is 52.6 Å². The molecule has 3 saturated heterocycles. The summed E-state index contributed by atoms with van der Waals surface area (Å²) in [5.41, 5.74) is 0. The highest BCUT2D eigenvalue weighted by Crippen LogP contribution is 2.28. The molecule has 3 rings (SSSR count). The lowest BCUT2D eigenvalue weighted by Crippen LogP contribution is -2.41. The lowest BCUT2D eigenvalue weighted by atomic mass is 10.1. The summed E-state index contributed by atoms with van der Waals surface area (Å²) in [5, 5.41) is 3.43. The molecule has 116 valence electrons. The van der Waals surface area contributed by atoms with E-state index in [0.717, 1.165) is 31.6 Å². The largest absolute Gasteiger partial charge is 0.312 e. The summed E-state index contributed by atoms with van der Waals surface area (Å²) in [6.45, 7) is 4.34. The van der Waals surface area contributed by atoms with E-state index in [4.69, 9.17) is 0 Å². The van der Waals surface area contributed by atoms with Crippen LogP contribution in [-0.2, 0) is 9.84 Å². The molecule has 6 heteroatoms. The molecule has 3 aliphatic rings. The van der Waals surface area contributed by atoms with Gasteiger partial charge in [0.05, 0.1) is 11.5 Å². The molecule has 3 aliphatic heterocycles.